The van der Waals surface area contributed by atoms with Crippen molar-refractivity contribution >= 4 is 5.82 Å². The molecule has 0 unspecified atom stereocenters. The van der Waals surface area contributed by atoms with Crippen molar-refractivity contribution < 1.29 is 0 Å². The molecule has 1 aromatic heterocycles. The van der Waals surface area contributed by atoms with Crippen molar-refractivity contribution in [3.8, 4) is 0 Å². The van der Waals surface area contributed by atoms with E-state index in [1.807, 2.05) is 6.92 Å². The predicted octanol–water partition coefficient (Wildman–Crippen LogP) is 2.06. The Labute approximate surface area is 110 Å². The first-order valence-electron chi connectivity index (χ1n) is 7.06. The zero-order valence-corrected chi connectivity index (χ0v) is 11.5. The molecular weight excluding hydrogens is 224 g/mol. The van der Waals surface area contributed by atoms with Crippen molar-refractivity contribution in [2.75, 3.05) is 18.0 Å². The molecule has 1 aromatic rings. The van der Waals surface area contributed by atoms with Gasteiger partial charge in [-0.15, -0.1) is 0 Å². The molecule has 2 heterocycles. The van der Waals surface area contributed by atoms with Crippen LogP contribution in [0.4, 0.5) is 5.82 Å². The van der Waals surface area contributed by atoms with E-state index in [-0.39, 0.29) is 0 Å². The molecule has 1 fully saturated rings. The maximum Gasteiger partial charge on any atom is 0.132 e. The Morgan fingerprint density at radius 2 is 2.22 bits per heavy atom. The van der Waals surface area contributed by atoms with Gasteiger partial charge in [-0.3, -0.25) is 0 Å². The van der Waals surface area contributed by atoms with Gasteiger partial charge in [-0.1, -0.05) is 6.92 Å². The van der Waals surface area contributed by atoms with Gasteiger partial charge in [-0.2, -0.15) is 0 Å². The second kappa shape index (κ2) is 6.14. The van der Waals surface area contributed by atoms with E-state index in [2.05, 4.69) is 27.9 Å². The minimum atomic E-state index is 0.638. The molecule has 4 nitrogen and oxygen atoms in total. The van der Waals surface area contributed by atoms with Crippen molar-refractivity contribution in [3.05, 3.63) is 17.6 Å². The highest BCUT2D eigenvalue weighted by Crippen LogP contribution is 2.25. The van der Waals surface area contributed by atoms with Gasteiger partial charge in [-0.05, 0) is 39.2 Å². The fourth-order valence-corrected chi connectivity index (χ4v) is 2.76. The van der Waals surface area contributed by atoms with Crippen LogP contribution in [0, 0.1) is 6.92 Å². The number of rotatable bonds is 4. The quantitative estimate of drug-likeness (QED) is 0.886. The van der Waals surface area contributed by atoms with Crippen LogP contribution in [0.3, 0.4) is 0 Å². The van der Waals surface area contributed by atoms with Gasteiger partial charge < -0.3 is 10.6 Å². The molecule has 0 saturated carbocycles. The lowest BCUT2D eigenvalue weighted by Crippen LogP contribution is -2.39. The summed E-state index contributed by atoms with van der Waals surface area (Å²) in [6.45, 7) is 6.00. The number of hydrogen-bond donors (Lipinski definition) is 1. The average molecular weight is 248 g/mol. The fraction of sp³-hybridized carbons (Fsp3) is 0.714. The Hall–Kier alpha value is -1.16. The minimum Gasteiger partial charge on any atom is -0.354 e. The molecule has 1 atom stereocenters. The highest BCUT2D eigenvalue weighted by atomic mass is 15.2. The monoisotopic (exact) mass is 248 g/mol. The fourth-order valence-electron chi connectivity index (χ4n) is 2.76. The van der Waals surface area contributed by atoms with Crippen molar-refractivity contribution in [3.63, 3.8) is 0 Å². The third-order valence-corrected chi connectivity index (χ3v) is 3.67. The number of anilines is 1. The van der Waals surface area contributed by atoms with E-state index in [4.69, 9.17) is 5.73 Å². The van der Waals surface area contributed by atoms with Crippen LogP contribution in [-0.4, -0.2) is 29.1 Å². The molecule has 0 bridgehead atoms. The number of aryl methyl sites for hydroxylation is 1. The summed E-state index contributed by atoms with van der Waals surface area (Å²) in [7, 11) is 0. The summed E-state index contributed by atoms with van der Waals surface area (Å²) in [5, 5.41) is 0. The van der Waals surface area contributed by atoms with Gasteiger partial charge in [0, 0.05) is 30.8 Å². The van der Waals surface area contributed by atoms with E-state index >= 15 is 0 Å². The summed E-state index contributed by atoms with van der Waals surface area (Å²) in [5.74, 6) is 1.95. The van der Waals surface area contributed by atoms with E-state index in [1.165, 1.54) is 25.7 Å². The van der Waals surface area contributed by atoms with Gasteiger partial charge in [0.25, 0.3) is 0 Å². The molecule has 0 aliphatic carbocycles. The SMILES string of the molecule is CC[C@@H]1CCCCN1c1cc(CCN)nc(C)n1. The normalized spacial score (nSPS) is 20.2. The van der Waals surface area contributed by atoms with E-state index in [9.17, 15) is 0 Å². The average Bonchev–Trinajstić information content (AvgIpc) is 2.38. The Morgan fingerprint density at radius 3 is 2.94 bits per heavy atom. The molecular formula is C14H24N4. The molecule has 1 aliphatic rings. The van der Waals surface area contributed by atoms with E-state index in [0.717, 1.165) is 30.3 Å². The molecule has 4 heteroatoms. The van der Waals surface area contributed by atoms with Crippen LogP contribution in [0.5, 0.6) is 0 Å². The lowest BCUT2D eigenvalue weighted by molar-refractivity contribution is 0.446. The van der Waals surface area contributed by atoms with Gasteiger partial charge in [0.2, 0.25) is 0 Å². The van der Waals surface area contributed by atoms with Gasteiger partial charge >= 0.3 is 0 Å². The predicted molar refractivity (Wildman–Crippen MR) is 74.8 cm³/mol. The van der Waals surface area contributed by atoms with Crippen LogP contribution in [0.15, 0.2) is 6.07 Å². The summed E-state index contributed by atoms with van der Waals surface area (Å²) < 4.78 is 0. The Balaban J connectivity index is 2.24. The van der Waals surface area contributed by atoms with Gasteiger partial charge in [0.15, 0.2) is 0 Å². The van der Waals surface area contributed by atoms with Crippen LogP contribution < -0.4 is 10.6 Å². The Morgan fingerprint density at radius 1 is 1.39 bits per heavy atom. The van der Waals surface area contributed by atoms with Crippen molar-refractivity contribution in [1.82, 2.24) is 9.97 Å². The smallest absolute Gasteiger partial charge is 0.132 e. The molecule has 0 amide bonds. The zero-order valence-electron chi connectivity index (χ0n) is 11.5. The minimum absolute atomic E-state index is 0.638. The van der Waals surface area contributed by atoms with Crippen molar-refractivity contribution in [2.24, 2.45) is 5.73 Å². The first kappa shape index (κ1) is 13.3. The highest BCUT2D eigenvalue weighted by molar-refractivity contribution is 5.41. The first-order valence-corrected chi connectivity index (χ1v) is 7.06. The van der Waals surface area contributed by atoms with Crippen LogP contribution >= 0.6 is 0 Å². The number of piperidine rings is 1. The van der Waals surface area contributed by atoms with Crippen LogP contribution in [-0.2, 0) is 6.42 Å². The van der Waals surface area contributed by atoms with Gasteiger partial charge in [-0.25, -0.2) is 9.97 Å². The van der Waals surface area contributed by atoms with E-state index in [1.54, 1.807) is 0 Å². The molecule has 0 radical (unpaired) electrons. The largest absolute Gasteiger partial charge is 0.354 e. The van der Waals surface area contributed by atoms with Gasteiger partial charge in [0.05, 0.1) is 0 Å². The third-order valence-electron chi connectivity index (χ3n) is 3.67. The topological polar surface area (TPSA) is 55.0 Å². The molecule has 2 N–H and O–H groups in total. The van der Waals surface area contributed by atoms with Gasteiger partial charge in [0.1, 0.15) is 11.6 Å². The second-order valence-electron chi connectivity index (χ2n) is 5.05. The molecule has 2 rings (SSSR count). The summed E-state index contributed by atoms with van der Waals surface area (Å²) >= 11 is 0. The van der Waals surface area contributed by atoms with Crippen molar-refractivity contribution in [1.29, 1.82) is 0 Å². The highest BCUT2D eigenvalue weighted by Gasteiger charge is 2.22. The summed E-state index contributed by atoms with van der Waals surface area (Å²) in [5.41, 5.74) is 6.69. The maximum absolute atomic E-state index is 5.62. The van der Waals surface area contributed by atoms with E-state index < -0.39 is 0 Å². The molecule has 0 spiro atoms. The molecule has 100 valence electrons. The van der Waals surface area contributed by atoms with Crippen LogP contribution in [0.25, 0.3) is 0 Å². The summed E-state index contributed by atoms with van der Waals surface area (Å²) in [4.78, 5) is 11.5. The number of nitrogens with two attached hydrogens (primary N) is 1. The Kier molecular flexibility index (Phi) is 4.53. The van der Waals surface area contributed by atoms with Crippen LogP contribution in [0.1, 0.15) is 44.1 Å². The Bertz CT molecular complexity index is 391. The van der Waals surface area contributed by atoms with Crippen molar-refractivity contribution in [2.45, 2.75) is 52.0 Å². The molecule has 18 heavy (non-hydrogen) atoms. The number of aromatic nitrogens is 2. The lowest BCUT2D eigenvalue weighted by Gasteiger charge is -2.36. The lowest BCUT2D eigenvalue weighted by atomic mass is 10.00. The molecule has 1 aliphatic heterocycles. The third kappa shape index (κ3) is 2.99. The summed E-state index contributed by atoms with van der Waals surface area (Å²) in [6.07, 6.45) is 5.92. The first-order chi connectivity index (χ1) is 8.74. The number of nitrogens with zero attached hydrogens (tertiary/aromatic N) is 3. The van der Waals surface area contributed by atoms with Crippen LogP contribution in [0.2, 0.25) is 0 Å². The second-order valence-corrected chi connectivity index (χ2v) is 5.05. The summed E-state index contributed by atoms with van der Waals surface area (Å²) in [6, 6.07) is 2.76. The molecule has 0 aromatic carbocycles. The maximum atomic E-state index is 5.62. The zero-order chi connectivity index (χ0) is 13.0. The standard InChI is InChI=1S/C14H24N4/c1-3-13-6-4-5-9-18(13)14-10-12(7-8-15)16-11(2)17-14/h10,13H,3-9,15H2,1-2H3/t13-/m1/s1. The number of hydrogen-bond acceptors (Lipinski definition) is 4. The van der Waals surface area contributed by atoms with E-state index in [0.29, 0.717) is 12.6 Å². The molecule has 1 saturated heterocycles.